The van der Waals surface area contributed by atoms with Crippen molar-refractivity contribution < 1.29 is 8.78 Å². The van der Waals surface area contributed by atoms with Crippen molar-refractivity contribution in [2.45, 2.75) is 18.9 Å². The number of aromatic nitrogens is 2. The molecule has 3 nitrogen and oxygen atoms in total. The maximum absolute atomic E-state index is 12.6. The minimum atomic E-state index is -2.65. The second-order valence-electron chi connectivity index (χ2n) is 3.62. The van der Waals surface area contributed by atoms with Gasteiger partial charge in [-0.15, -0.1) is 11.6 Å². The molecule has 0 N–H and O–H groups in total. The molecule has 0 fully saturated rings. The van der Waals surface area contributed by atoms with Gasteiger partial charge < -0.3 is 4.90 Å². The van der Waals surface area contributed by atoms with E-state index in [2.05, 4.69) is 5.10 Å². The number of likely N-dealkylation sites (N-methyl/N-ethyl adjacent to an activating group) is 1. The summed E-state index contributed by atoms with van der Waals surface area (Å²) in [5, 5.41) is 3.98. The van der Waals surface area contributed by atoms with E-state index in [1.54, 1.807) is 0 Å². The van der Waals surface area contributed by atoms with Crippen molar-refractivity contribution in [1.82, 2.24) is 14.7 Å². The van der Waals surface area contributed by atoms with Crippen LogP contribution in [-0.2, 0) is 12.4 Å². The molecule has 1 aromatic heterocycles. The van der Waals surface area contributed by atoms with E-state index >= 15 is 0 Å². The summed E-state index contributed by atoms with van der Waals surface area (Å²) < 4.78 is 26.6. The summed E-state index contributed by atoms with van der Waals surface area (Å²) in [5.41, 5.74) is -0.101. The van der Waals surface area contributed by atoms with Crippen LogP contribution in [0.4, 0.5) is 8.78 Å². The third-order valence-corrected chi connectivity index (χ3v) is 2.80. The molecule has 92 valence electrons. The van der Waals surface area contributed by atoms with Crippen molar-refractivity contribution in [1.29, 1.82) is 0 Å². The summed E-state index contributed by atoms with van der Waals surface area (Å²) in [4.78, 5) is 1.92. The Labute approximate surface area is 103 Å². The van der Waals surface area contributed by atoms with Gasteiger partial charge in [-0.2, -0.15) is 5.10 Å². The Morgan fingerprint density at radius 2 is 2.06 bits per heavy atom. The molecular weight excluding hydrogens is 259 g/mol. The van der Waals surface area contributed by atoms with Crippen molar-refractivity contribution >= 4 is 23.2 Å². The van der Waals surface area contributed by atoms with Crippen LogP contribution in [0.3, 0.4) is 0 Å². The summed E-state index contributed by atoms with van der Waals surface area (Å²) in [6.07, 6.45) is -2.65. The van der Waals surface area contributed by atoms with E-state index in [-0.39, 0.29) is 22.3 Å². The Bertz CT molecular complexity index is 353. The molecule has 16 heavy (non-hydrogen) atoms. The second-order valence-corrected chi connectivity index (χ2v) is 4.24. The van der Waals surface area contributed by atoms with Crippen LogP contribution in [0, 0.1) is 0 Å². The molecule has 0 atom stereocenters. The molecule has 0 radical (unpaired) electrons. The van der Waals surface area contributed by atoms with E-state index in [1.807, 2.05) is 19.0 Å². The Balaban J connectivity index is 2.94. The average molecular weight is 272 g/mol. The van der Waals surface area contributed by atoms with E-state index in [1.165, 1.54) is 4.68 Å². The fourth-order valence-corrected chi connectivity index (χ4v) is 1.86. The van der Waals surface area contributed by atoms with Gasteiger partial charge in [-0.05, 0) is 14.1 Å². The topological polar surface area (TPSA) is 21.1 Å². The van der Waals surface area contributed by atoms with Gasteiger partial charge in [0.2, 0.25) is 0 Å². The van der Waals surface area contributed by atoms with Crippen molar-refractivity contribution in [3.8, 4) is 0 Å². The predicted molar refractivity (Wildman–Crippen MR) is 60.3 cm³/mol. The molecule has 0 bridgehead atoms. The molecule has 0 aliphatic heterocycles. The standard InChI is InChI=1S/C9H13Cl2F2N3/c1-15(2)3-4-16-8(11)6(5-10)7(14-16)9(12)13/h9H,3-5H2,1-2H3. The molecule has 0 saturated heterocycles. The Morgan fingerprint density at radius 3 is 2.44 bits per heavy atom. The lowest BCUT2D eigenvalue weighted by Gasteiger charge is -2.09. The zero-order valence-corrected chi connectivity index (χ0v) is 10.6. The lowest BCUT2D eigenvalue weighted by molar-refractivity contribution is 0.144. The molecule has 0 aliphatic rings. The number of hydrogen-bond donors (Lipinski definition) is 0. The van der Waals surface area contributed by atoms with E-state index in [9.17, 15) is 8.78 Å². The second kappa shape index (κ2) is 5.80. The summed E-state index contributed by atoms with van der Waals surface area (Å²) >= 11 is 11.5. The number of hydrogen-bond acceptors (Lipinski definition) is 2. The van der Waals surface area contributed by atoms with Crippen LogP contribution in [-0.4, -0.2) is 35.3 Å². The molecule has 0 amide bonds. The van der Waals surface area contributed by atoms with E-state index < -0.39 is 6.43 Å². The van der Waals surface area contributed by atoms with Crippen LogP contribution in [0.2, 0.25) is 5.15 Å². The molecule has 0 aliphatic carbocycles. The number of halogens is 4. The molecular formula is C9H13Cl2F2N3. The van der Waals surface area contributed by atoms with Gasteiger partial charge in [0.05, 0.1) is 12.4 Å². The Kier molecular flexibility index (Phi) is 4.95. The Morgan fingerprint density at radius 1 is 1.44 bits per heavy atom. The third-order valence-electron chi connectivity index (χ3n) is 2.11. The highest BCUT2D eigenvalue weighted by molar-refractivity contribution is 6.31. The highest BCUT2D eigenvalue weighted by Gasteiger charge is 2.22. The van der Waals surface area contributed by atoms with Gasteiger partial charge in [-0.25, -0.2) is 8.78 Å². The fourth-order valence-electron chi connectivity index (χ4n) is 1.24. The number of nitrogens with zero attached hydrogens (tertiary/aromatic N) is 3. The normalized spacial score (nSPS) is 11.8. The molecule has 1 heterocycles. The molecule has 7 heteroatoms. The van der Waals surface area contributed by atoms with Crippen molar-refractivity contribution in [3.05, 3.63) is 16.4 Å². The number of rotatable bonds is 5. The minimum absolute atomic E-state index is 0.0551. The molecule has 1 aromatic rings. The quantitative estimate of drug-likeness (QED) is 0.768. The van der Waals surface area contributed by atoms with Gasteiger partial charge in [0.1, 0.15) is 10.8 Å². The summed E-state index contributed by atoms with van der Waals surface area (Å²) in [6.45, 7) is 1.13. The van der Waals surface area contributed by atoms with Crippen LogP contribution < -0.4 is 0 Å². The molecule has 0 aromatic carbocycles. The largest absolute Gasteiger partial charge is 0.308 e. The Hall–Kier alpha value is -0.390. The first-order valence-corrected chi connectivity index (χ1v) is 5.62. The summed E-state index contributed by atoms with van der Waals surface area (Å²) in [5.74, 6) is -0.0551. The maximum atomic E-state index is 12.6. The van der Waals surface area contributed by atoms with E-state index in [0.29, 0.717) is 13.1 Å². The van der Waals surface area contributed by atoms with Gasteiger partial charge in [0.15, 0.2) is 0 Å². The molecule has 0 saturated carbocycles. The summed E-state index contributed by atoms with van der Waals surface area (Å²) in [6, 6.07) is 0. The van der Waals surface area contributed by atoms with Crippen LogP contribution in [0.5, 0.6) is 0 Å². The predicted octanol–water partition coefficient (Wildman–Crippen LogP) is 2.77. The minimum Gasteiger partial charge on any atom is -0.308 e. The first kappa shape index (κ1) is 13.7. The lowest BCUT2D eigenvalue weighted by atomic mass is 10.3. The molecule has 1 rings (SSSR count). The fraction of sp³-hybridized carbons (Fsp3) is 0.667. The van der Waals surface area contributed by atoms with Gasteiger partial charge in [0, 0.05) is 12.1 Å². The number of alkyl halides is 3. The molecule has 0 unspecified atom stereocenters. The zero-order chi connectivity index (χ0) is 12.3. The maximum Gasteiger partial charge on any atom is 0.282 e. The highest BCUT2D eigenvalue weighted by atomic mass is 35.5. The van der Waals surface area contributed by atoms with Crippen molar-refractivity contribution in [2.75, 3.05) is 20.6 Å². The SMILES string of the molecule is CN(C)CCn1nc(C(F)F)c(CCl)c1Cl. The smallest absolute Gasteiger partial charge is 0.282 e. The zero-order valence-electron chi connectivity index (χ0n) is 9.05. The first-order valence-electron chi connectivity index (χ1n) is 4.71. The van der Waals surface area contributed by atoms with Crippen LogP contribution in [0.15, 0.2) is 0 Å². The van der Waals surface area contributed by atoms with Gasteiger partial charge in [-0.3, -0.25) is 4.68 Å². The third kappa shape index (κ3) is 3.06. The van der Waals surface area contributed by atoms with Gasteiger partial charge in [0.25, 0.3) is 6.43 Å². The van der Waals surface area contributed by atoms with Crippen LogP contribution >= 0.6 is 23.2 Å². The first-order chi connectivity index (χ1) is 7.47. The van der Waals surface area contributed by atoms with Crippen LogP contribution in [0.25, 0.3) is 0 Å². The summed E-state index contributed by atoms with van der Waals surface area (Å²) in [7, 11) is 3.77. The van der Waals surface area contributed by atoms with Crippen LogP contribution in [0.1, 0.15) is 17.7 Å². The van der Waals surface area contributed by atoms with Crippen molar-refractivity contribution in [3.63, 3.8) is 0 Å². The van der Waals surface area contributed by atoms with E-state index in [0.717, 1.165) is 0 Å². The van der Waals surface area contributed by atoms with Gasteiger partial charge >= 0.3 is 0 Å². The average Bonchev–Trinajstić information content (AvgIpc) is 2.52. The van der Waals surface area contributed by atoms with E-state index in [4.69, 9.17) is 23.2 Å². The monoisotopic (exact) mass is 271 g/mol. The van der Waals surface area contributed by atoms with Crippen molar-refractivity contribution in [2.24, 2.45) is 0 Å². The molecule has 0 spiro atoms. The van der Waals surface area contributed by atoms with Gasteiger partial charge in [-0.1, -0.05) is 11.6 Å². The lowest BCUT2D eigenvalue weighted by Crippen LogP contribution is -2.19. The highest BCUT2D eigenvalue weighted by Crippen LogP contribution is 2.29.